The number of morpholine rings is 1. The fraction of sp³-hybridized carbons (Fsp3) is 0.522. The standard InChI is InChI=1S/C23H32N4O4S2/c1-18-5-6-19(33(29,30)27-11-13-31-14-12-27)16-20(18)23(28)24-17-21(22-4-3-15-32-22)26-9-7-25(2)8-10-26/h3-6,15-16,21H,7-14,17H2,1-2H3,(H,24,28). The number of rotatable bonds is 7. The van der Waals surface area contributed by atoms with Crippen LogP contribution in [-0.4, -0.2) is 94.5 Å². The number of carbonyl (C=O) groups excluding carboxylic acids is 1. The first-order chi connectivity index (χ1) is 15.9. The van der Waals surface area contributed by atoms with E-state index in [1.54, 1.807) is 23.5 Å². The number of sulfonamides is 1. The van der Waals surface area contributed by atoms with Crippen molar-refractivity contribution in [3.63, 3.8) is 0 Å². The van der Waals surface area contributed by atoms with Crippen molar-refractivity contribution in [3.05, 3.63) is 51.7 Å². The highest BCUT2D eigenvalue weighted by Gasteiger charge is 2.28. The molecule has 1 aromatic carbocycles. The van der Waals surface area contributed by atoms with E-state index < -0.39 is 10.0 Å². The highest BCUT2D eigenvalue weighted by molar-refractivity contribution is 7.89. The summed E-state index contributed by atoms with van der Waals surface area (Å²) in [7, 11) is -1.54. The maximum absolute atomic E-state index is 13.2. The van der Waals surface area contributed by atoms with Crippen molar-refractivity contribution in [1.82, 2.24) is 19.4 Å². The average Bonchev–Trinajstić information content (AvgIpc) is 3.35. The minimum absolute atomic E-state index is 0.100. The van der Waals surface area contributed by atoms with Crippen molar-refractivity contribution in [2.75, 3.05) is 66.1 Å². The Kier molecular flexibility index (Phi) is 7.83. The van der Waals surface area contributed by atoms with Crippen molar-refractivity contribution in [3.8, 4) is 0 Å². The summed E-state index contributed by atoms with van der Waals surface area (Å²) in [6.07, 6.45) is 0. The summed E-state index contributed by atoms with van der Waals surface area (Å²) < 4.78 is 32.8. The third-order valence-electron chi connectivity index (χ3n) is 6.37. The van der Waals surface area contributed by atoms with Gasteiger partial charge in [0.15, 0.2) is 0 Å². The van der Waals surface area contributed by atoms with Crippen LogP contribution in [0.1, 0.15) is 26.8 Å². The van der Waals surface area contributed by atoms with Gasteiger partial charge in [0.05, 0.1) is 24.2 Å². The topological polar surface area (TPSA) is 82.2 Å². The molecule has 180 valence electrons. The first kappa shape index (κ1) is 24.3. The zero-order valence-electron chi connectivity index (χ0n) is 19.2. The Hall–Kier alpha value is -1.82. The van der Waals surface area contributed by atoms with Crippen molar-refractivity contribution < 1.29 is 17.9 Å². The third kappa shape index (κ3) is 5.64. The molecule has 0 bridgehead atoms. The van der Waals surface area contributed by atoms with Crippen LogP contribution in [-0.2, 0) is 14.8 Å². The molecule has 10 heteroatoms. The highest BCUT2D eigenvalue weighted by Crippen LogP contribution is 2.26. The second-order valence-electron chi connectivity index (χ2n) is 8.57. The monoisotopic (exact) mass is 492 g/mol. The van der Waals surface area contributed by atoms with Crippen LogP contribution in [0.4, 0.5) is 0 Å². The van der Waals surface area contributed by atoms with E-state index in [2.05, 4.69) is 33.6 Å². The van der Waals surface area contributed by atoms with Crippen molar-refractivity contribution in [1.29, 1.82) is 0 Å². The molecule has 4 rings (SSSR count). The number of ether oxygens (including phenoxy) is 1. The number of hydrogen-bond donors (Lipinski definition) is 1. The quantitative estimate of drug-likeness (QED) is 0.635. The number of carbonyl (C=O) groups is 1. The Morgan fingerprint density at radius 1 is 1.12 bits per heavy atom. The average molecular weight is 493 g/mol. The Morgan fingerprint density at radius 3 is 2.52 bits per heavy atom. The lowest BCUT2D eigenvalue weighted by atomic mass is 10.1. The summed E-state index contributed by atoms with van der Waals surface area (Å²) >= 11 is 1.70. The third-order valence-corrected chi connectivity index (χ3v) is 9.24. The lowest BCUT2D eigenvalue weighted by Gasteiger charge is -2.37. The Morgan fingerprint density at radius 2 is 1.85 bits per heavy atom. The molecular weight excluding hydrogens is 460 g/mol. The minimum Gasteiger partial charge on any atom is -0.379 e. The molecule has 0 aliphatic carbocycles. The number of piperazine rings is 1. The molecule has 1 N–H and O–H groups in total. The number of thiophene rings is 1. The molecule has 2 aliphatic rings. The number of benzene rings is 1. The van der Waals surface area contributed by atoms with E-state index in [9.17, 15) is 13.2 Å². The smallest absolute Gasteiger partial charge is 0.251 e. The van der Waals surface area contributed by atoms with Crippen LogP contribution in [0.25, 0.3) is 0 Å². The summed E-state index contributed by atoms with van der Waals surface area (Å²) in [5, 5.41) is 5.14. The largest absolute Gasteiger partial charge is 0.379 e. The summed E-state index contributed by atoms with van der Waals surface area (Å²) in [6.45, 7) is 7.61. The number of hydrogen-bond acceptors (Lipinski definition) is 7. The van der Waals surface area contributed by atoms with Gasteiger partial charge in [-0.1, -0.05) is 12.1 Å². The predicted octanol–water partition coefficient (Wildman–Crippen LogP) is 1.80. The Balaban J connectivity index is 1.49. The van der Waals surface area contributed by atoms with Gasteiger partial charge in [-0.05, 0) is 43.1 Å². The normalized spacial score (nSPS) is 19.9. The van der Waals surface area contributed by atoms with Gasteiger partial charge < -0.3 is 15.0 Å². The van der Waals surface area contributed by atoms with E-state index in [1.807, 2.05) is 13.0 Å². The molecule has 3 heterocycles. The zero-order chi connectivity index (χ0) is 23.4. The van der Waals surface area contributed by atoms with Gasteiger partial charge in [0.25, 0.3) is 5.91 Å². The molecule has 2 saturated heterocycles. The van der Waals surface area contributed by atoms with E-state index in [0.29, 0.717) is 38.4 Å². The summed E-state index contributed by atoms with van der Waals surface area (Å²) in [5.41, 5.74) is 1.15. The lowest BCUT2D eigenvalue weighted by molar-refractivity contribution is 0.0730. The molecule has 2 aliphatic heterocycles. The highest BCUT2D eigenvalue weighted by atomic mass is 32.2. The number of nitrogens with zero attached hydrogens (tertiary/aromatic N) is 3. The van der Waals surface area contributed by atoms with Crippen LogP contribution in [0, 0.1) is 6.92 Å². The van der Waals surface area contributed by atoms with Gasteiger partial charge in [0.1, 0.15) is 0 Å². The molecule has 2 fully saturated rings. The first-order valence-electron chi connectivity index (χ1n) is 11.3. The molecule has 1 unspecified atom stereocenters. The molecule has 1 amide bonds. The second-order valence-corrected chi connectivity index (χ2v) is 11.5. The van der Waals surface area contributed by atoms with E-state index in [4.69, 9.17) is 4.74 Å². The van der Waals surface area contributed by atoms with Gasteiger partial charge in [-0.3, -0.25) is 9.69 Å². The van der Waals surface area contributed by atoms with Gasteiger partial charge in [-0.15, -0.1) is 11.3 Å². The minimum atomic E-state index is -3.66. The zero-order valence-corrected chi connectivity index (χ0v) is 20.8. The first-order valence-corrected chi connectivity index (χ1v) is 13.6. The Bertz CT molecular complexity index is 1040. The van der Waals surface area contributed by atoms with Gasteiger partial charge in [0, 0.05) is 56.3 Å². The summed E-state index contributed by atoms with van der Waals surface area (Å²) in [4.78, 5) is 19.3. The fourth-order valence-electron chi connectivity index (χ4n) is 4.25. The van der Waals surface area contributed by atoms with Crippen LogP contribution >= 0.6 is 11.3 Å². The van der Waals surface area contributed by atoms with E-state index in [0.717, 1.165) is 31.7 Å². The molecule has 33 heavy (non-hydrogen) atoms. The molecule has 2 aromatic rings. The Labute approximate surface area is 200 Å². The fourth-order valence-corrected chi connectivity index (χ4v) is 6.55. The second kappa shape index (κ2) is 10.6. The van der Waals surface area contributed by atoms with E-state index in [-0.39, 0.29) is 16.8 Å². The number of nitrogens with one attached hydrogen (secondary N) is 1. The van der Waals surface area contributed by atoms with E-state index >= 15 is 0 Å². The maximum Gasteiger partial charge on any atom is 0.251 e. The van der Waals surface area contributed by atoms with Crippen LogP contribution < -0.4 is 5.32 Å². The number of aryl methyl sites for hydroxylation is 1. The lowest BCUT2D eigenvalue weighted by Crippen LogP contribution is -2.48. The van der Waals surface area contributed by atoms with E-state index in [1.165, 1.54) is 15.2 Å². The van der Waals surface area contributed by atoms with Gasteiger partial charge in [-0.2, -0.15) is 4.31 Å². The van der Waals surface area contributed by atoms with Crippen molar-refractivity contribution in [2.24, 2.45) is 0 Å². The molecule has 0 spiro atoms. The van der Waals surface area contributed by atoms with Gasteiger partial charge in [-0.25, -0.2) is 8.42 Å². The van der Waals surface area contributed by atoms with Gasteiger partial charge in [0.2, 0.25) is 10.0 Å². The predicted molar refractivity (Wildman–Crippen MR) is 129 cm³/mol. The van der Waals surface area contributed by atoms with Crippen LogP contribution in [0.3, 0.4) is 0 Å². The SMILES string of the molecule is Cc1ccc(S(=O)(=O)N2CCOCC2)cc1C(=O)NCC(c1cccs1)N1CCN(C)CC1. The van der Waals surface area contributed by atoms with Crippen LogP contribution in [0.2, 0.25) is 0 Å². The molecular formula is C23H32N4O4S2. The van der Waals surface area contributed by atoms with Gasteiger partial charge >= 0.3 is 0 Å². The molecule has 8 nitrogen and oxygen atoms in total. The number of likely N-dealkylation sites (N-methyl/N-ethyl adjacent to an activating group) is 1. The molecule has 0 saturated carbocycles. The summed E-state index contributed by atoms with van der Waals surface area (Å²) in [6, 6.07) is 9.04. The van der Waals surface area contributed by atoms with Crippen molar-refractivity contribution in [2.45, 2.75) is 17.9 Å². The molecule has 0 radical (unpaired) electrons. The summed E-state index contributed by atoms with van der Waals surface area (Å²) in [5.74, 6) is -0.248. The van der Waals surface area contributed by atoms with Crippen LogP contribution in [0.5, 0.6) is 0 Å². The number of amides is 1. The molecule has 1 aromatic heterocycles. The maximum atomic E-state index is 13.2. The van der Waals surface area contributed by atoms with Crippen molar-refractivity contribution >= 4 is 27.3 Å². The molecule has 1 atom stereocenters. The van der Waals surface area contributed by atoms with Crippen LogP contribution in [0.15, 0.2) is 40.6 Å².